The van der Waals surface area contributed by atoms with Gasteiger partial charge < -0.3 is 10.2 Å². The summed E-state index contributed by atoms with van der Waals surface area (Å²) in [4.78, 5) is 25.3. The zero-order valence-electron chi connectivity index (χ0n) is 10.1. The van der Waals surface area contributed by atoms with Crippen molar-refractivity contribution in [1.29, 1.82) is 0 Å². The molecule has 4 heteroatoms. The molecule has 0 bridgehead atoms. The molecule has 0 aromatic carbocycles. The van der Waals surface area contributed by atoms with E-state index in [1.165, 1.54) is 0 Å². The monoisotopic (exact) mass is 212 g/mol. The Morgan fingerprint density at radius 1 is 1.33 bits per heavy atom. The molecule has 1 fully saturated rings. The van der Waals surface area contributed by atoms with Gasteiger partial charge in [-0.05, 0) is 34.1 Å². The van der Waals surface area contributed by atoms with Gasteiger partial charge in [0.25, 0.3) is 0 Å². The lowest BCUT2D eigenvalue weighted by molar-refractivity contribution is -0.154. The molecule has 15 heavy (non-hydrogen) atoms. The third kappa shape index (κ3) is 1.98. The van der Waals surface area contributed by atoms with Gasteiger partial charge in [0.1, 0.15) is 12.1 Å². The Hall–Kier alpha value is -1.06. The third-order valence-corrected chi connectivity index (χ3v) is 3.25. The van der Waals surface area contributed by atoms with Gasteiger partial charge in [0, 0.05) is 5.54 Å². The Morgan fingerprint density at radius 3 is 2.33 bits per heavy atom. The fourth-order valence-electron chi connectivity index (χ4n) is 1.91. The number of rotatable bonds is 2. The fourth-order valence-corrected chi connectivity index (χ4v) is 1.91. The predicted octanol–water partition coefficient (Wildman–Crippen LogP) is 0.910. The molecule has 1 heterocycles. The van der Waals surface area contributed by atoms with E-state index in [0.29, 0.717) is 0 Å². The van der Waals surface area contributed by atoms with Gasteiger partial charge in [-0.3, -0.25) is 9.59 Å². The number of piperazine rings is 1. The standard InChI is InChI=1S/C11H20N2O2/c1-6-11(4,5)13-8(3)9(14)12-7(2)10(13)15/h7-8H,6H2,1-5H3,(H,12,14). The average molecular weight is 212 g/mol. The summed E-state index contributed by atoms with van der Waals surface area (Å²) in [6, 6.07) is -0.775. The maximum absolute atomic E-state index is 12.0. The molecule has 2 atom stereocenters. The van der Waals surface area contributed by atoms with Crippen LogP contribution in [-0.2, 0) is 9.59 Å². The van der Waals surface area contributed by atoms with Crippen LogP contribution in [0.4, 0.5) is 0 Å². The van der Waals surface area contributed by atoms with Crippen LogP contribution in [0, 0.1) is 0 Å². The summed E-state index contributed by atoms with van der Waals surface area (Å²) in [5.74, 6) is -0.0578. The molecule has 0 saturated carbocycles. The van der Waals surface area contributed by atoms with Gasteiger partial charge in [0.05, 0.1) is 0 Å². The number of nitrogens with zero attached hydrogens (tertiary/aromatic N) is 1. The summed E-state index contributed by atoms with van der Waals surface area (Å²) in [6.07, 6.45) is 0.836. The highest BCUT2D eigenvalue weighted by Crippen LogP contribution is 2.24. The first-order valence-electron chi connectivity index (χ1n) is 5.45. The Labute approximate surface area is 91.0 Å². The predicted molar refractivity (Wildman–Crippen MR) is 58.3 cm³/mol. The molecule has 2 unspecified atom stereocenters. The van der Waals surface area contributed by atoms with Crippen LogP contribution in [-0.4, -0.2) is 34.3 Å². The maximum atomic E-state index is 12.0. The molecule has 0 spiro atoms. The summed E-state index contributed by atoms with van der Waals surface area (Å²) in [7, 11) is 0. The third-order valence-electron chi connectivity index (χ3n) is 3.25. The summed E-state index contributed by atoms with van der Waals surface area (Å²) in [5.41, 5.74) is -0.261. The van der Waals surface area contributed by atoms with Crippen LogP contribution in [0.1, 0.15) is 41.0 Å². The molecular formula is C11H20N2O2. The van der Waals surface area contributed by atoms with E-state index in [1.54, 1.807) is 18.7 Å². The normalized spacial score (nSPS) is 27.9. The lowest BCUT2D eigenvalue weighted by atomic mass is 9.94. The van der Waals surface area contributed by atoms with Crippen molar-refractivity contribution in [2.75, 3.05) is 0 Å². The van der Waals surface area contributed by atoms with Crippen LogP contribution < -0.4 is 5.32 Å². The maximum Gasteiger partial charge on any atom is 0.245 e. The Kier molecular flexibility index (Phi) is 3.07. The molecule has 86 valence electrons. The second kappa shape index (κ2) is 3.83. The molecule has 4 nitrogen and oxygen atoms in total. The van der Waals surface area contributed by atoms with Crippen molar-refractivity contribution in [2.24, 2.45) is 0 Å². The number of hydrogen-bond acceptors (Lipinski definition) is 2. The summed E-state index contributed by atoms with van der Waals surface area (Å²) >= 11 is 0. The van der Waals surface area contributed by atoms with E-state index in [9.17, 15) is 9.59 Å². The van der Waals surface area contributed by atoms with E-state index < -0.39 is 6.04 Å². The van der Waals surface area contributed by atoms with Crippen LogP contribution in [0.15, 0.2) is 0 Å². The SMILES string of the molecule is CCC(C)(C)N1C(=O)C(C)NC(=O)C1C. The largest absolute Gasteiger partial charge is 0.343 e. The summed E-state index contributed by atoms with van der Waals surface area (Å²) in [5, 5.41) is 2.67. The quantitative estimate of drug-likeness (QED) is 0.739. The molecule has 0 aliphatic carbocycles. The molecule has 0 radical (unpaired) electrons. The second-order valence-electron chi connectivity index (χ2n) is 4.78. The van der Waals surface area contributed by atoms with Gasteiger partial charge in [-0.1, -0.05) is 6.92 Å². The van der Waals surface area contributed by atoms with Crippen molar-refractivity contribution >= 4 is 11.8 Å². The minimum atomic E-state index is -0.403. The summed E-state index contributed by atoms with van der Waals surface area (Å²) < 4.78 is 0. The topological polar surface area (TPSA) is 49.4 Å². The second-order valence-corrected chi connectivity index (χ2v) is 4.78. The van der Waals surface area contributed by atoms with E-state index in [1.807, 2.05) is 20.8 Å². The van der Waals surface area contributed by atoms with Crippen molar-refractivity contribution in [1.82, 2.24) is 10.2 Å². The zero-order valence-corrected chi connectivity index (χ0v) is 10.1. The van der Waals surface area contributed by atoms with E-state index in [4.69, 9.17) is 0 Å². The van der Waals surface area contributed by atoms with E-state index in [0.717, 1.165) is 6.42 Å². The minimum Gasteiger partial charge on any atom is -0.343 e. The molecule has 2 amide bonds. The van der Waals surface area contributed by atoms with Gasteiger partial charge in [0.15, 0.2) is 0 Å². The highest BCUT2D eigenvalue weighted by molar-refractivity contribution is 5.96. The van der Waals surface area contributed by atoms with Crippen molar-refractivity contribution in [3.8, 4) is 0 Å². The van der Waals surface area contributed by atoms with Gasteiger partial charge in [-0.2, -0.15) is 0 Å². The molecule has 1 saturated heterocycles. The van der Waals surface area contributed by atoms with Crippen molar-refractivity contribution in [2.45, 2.75) is 58.7 Å². The lowest BCUT2D eigenvalue weighted by Crippen LogP contribution is -2.66. The Balaban J connectivity index is 3.02. The highest BCUT2D eigenvalue weighted by Gasteiger charge is 2.42. The van der Waals surface area contributed by atoms with Gasteiger partial charge in [-0.15, -0.1) is 0 Å². The van der Waals surface area contributed by atoms with Crippen LogP contribution in [0.25, 0.3) is 0 Å². The minimum absolute atomic E-state index is 0.00829. The number of hydrogen-bond donors (Lipinski definition) is 1. The van der Waals surface area contributed by atoms with Gasteiger partial charge in [-0.25, -0.2) is 0 Å². The number of amides is 2. The zero-order chi connectivity index (χ0) is 11.8. The van der Waals surface area contributed by atoms with Crippen LogP contribution >= 0.6 is 0 Å². The van der Waals surface area contributed by atoms with E-state index in [2.05, 4.69) is 5.32 Å². The fraction of sp³-hybridized carbons (Fsp3) is 0.818. The number of carbonyl (C=O) groups is 2. The Bertz CT molecular complexity index is 286. The van der Waals surface area contributed by atoms with Crippen molar-refractivity contribution in [3.05, 3.63) is 0 Å². The first-order chi connectivity index (χ1) is 6.81. The number of nitrogens with one attached hydrogen (secondary N) is 1. The van der Waals surface area contributed by atoms with Gasteiger partial charge >= 0.3 is 0 Å². The van der Waals surface area contributed by atoms with Crippen LogP contribution in [0.2, 0.25) is 0 Å². The average Bonchev–Trinajstić information content (AvgIpc) is 2.15. The molecule has 1 aliphatic rings. The first kappa shape index (κ1) is 12.0. The highest BCUT2D eigenvalue weighted by atomic mass is 16.2. The molecule has 0 aromatic heterocycles. The van der Waals surface area contributed by atoms with Crippen molar-refractivity contribution < 1.29 is 9.59 Å². The van der Waals surface area contributed by atoms with Crippen molar-refractivity contribution in [3.63, 3.8) is 0 Å². The summed E-state index contributed by atoms with van der Waals surface area (Å²) in [6.45, 7) is 9.51. The lowest BCUT2D eigenvalue weighted by Gasteiger charge is -2.46. The van der Waals surface area contributed by atoms with Crippen LogP contribution in [0.5, 0.6) is 0 Å². The smallest absolute Gasteiger partial charge is 0.245 e. The van der Waals surface area contributed by atoms with Crippen LogP contribution in [0.3, 0.4) is 0 Å². The Morgan fingerprint density at radius 2 is 1.87 bits per heavy atom. The van der Waals surface area contributed by atoms with E-state index in [-0.39, 0.29) is 23.4 Å². The first-order valence-corrected chi connectivity index (χ1v) is 5.45. The molecule has 1 aliphatic heterocycles. The van der Waals surface area contributed by atoms with E-state index >= 15 is 0 Å². The molecular weight excluding hydrogens is 192 g/mol. The van der Waals surface area contributed by atoms with Gasteiger partial charge in [0.2, 0.25) is 11.8 Å². The number of carbonyl (C=O) groups excluding carboxylic acids is 2. The molecule has 1 rings (SSSR count). The molecule has 0 aromatic rings. The molecule has 1 N–H and O–H groups in total.